The Hall–Kier alpha value is -2.82. The lowest BCUT2D eigenvalue weighted by molar-refractivity contribution is 0.0950. The summed E-state index contributed by atoms with van der Waals surface area (Å²) in [7, 11) is 0. The first-order valence-electron chi connectivity index (χ1n) is 8.48. The zero-order chi connectivity index (χ0) is 18.0. The number of nitrogens with one attached hydrogen (secondary N) is 1. The molecule has 25 heavy (non-hydrogen) atoms. The van der Waals surface area contributed by atoms with E-state index in [1.54, 1.807) is 23.8 Å². The molecule has 5 nitrogen and oxygen atoms in total. The van der Waals surface area contributed by atoms with Crippen molar-refractivity contribution in [3.05, 3.63) is 69.3 Å². The van der Waals surface area contributed by atoms with E-state index in [0.29, 0.717) is 35.4 Å². The summed E-state index contributed by atoms with van der Waals surface area (Å²) in [6, 6.07) is 9.63. The van der Waals surface area contributed by atoms with Gasteiger partial charge in [0.25, 0.3) is 11.5 Å². The van der Waals surface area contributed by atoms with E-state index in [0.717, 1.165) is 17.5 Å². The van der Waals surface area contributed by atoms with Crippen LogP contribution in [0, 0.1) is 13.8 Å². The number of carbonyl (C=O) groups excluding carboxylic acids is 1. The number of amides is 1. The van der Waals surface area contributed by atoms with Gasteiger partial charge >= 0.3 is 0 Å². The van der Waals surface area contributed by atoms with Gasteiger partial charge in [0.05, 0.1) is 10.9 Å². The Morgan fingerprint density at radius 3 is 2.68 bits per heavy atom. The molecule has 0 saturated carbocycles. The molecule has 0 aliphatic heterocycles. The Morgan fingerprint density at radius 1 is 1.20 bits per heavy atom. The molecule has 130 valence electrons. The summed E-state index contributed by atoms with van der Waals surface area (Å²) in [5, 5.41) is 3.26. The van der Waals surface area contributed by atoms with Crippen molar-refractivity contribution < 1.29 is 9.21 Å². The minimum atomic E-state index is -0.286. The number of hydrogen-bond donors (Lipinski definition) is 1. The lowest BCUT2D eigenvalue weighted by atomic mass is 10.1. The highest BCUT2D eigenvalue weighted by Gasteiger charge is 2.21. The number of furan rings is 1. The molecular formula is C20H22N2O3. The molecule has 0 saturated heterocycles. The zero-order valence-corrected chi connectivity index (χ0v) is 14.8. The summed E-state index contributed by atoms with van der Waals surface area (Å²) in [4.78, 5) is 25.4. The number of carbonyl (C=O) groups is 1. The third kappa shape index (κ3) is 3.22. The molecule has 0 spiro atoms. The van der Waals surface area contributed by atoms with E-state index in [4.69, 9.17) is 4.42 Å². The first-order chi connectivity index (χ1) is 12.0. The van der Waals surface area contributed by atoms with Crippen LogP contribution in [0.4, 0.5) is 0 Å². The molecule has 0 aliphatic carbocycles. The number of benzene rings is 1. The summed E-state index contributed by atoms with van der Waals surface area (Å²) < 4.78 is 7.26. The molecule has 3 aromatic rings. The highest BCUT2D eigenvalue weighted by molar-refractivity contribution is 6.06. The van der Waals surface area contributed by atoms with Crippen molar-refractivity contribution in [1.82, 2.24) is 9.88 Å². The molecule has 2 heterocycles. The summed E-state index contributed by atoms with van der Waals surface area (Å²) in [6.07, 6.45) is 2.56. The quantitative estimate of drug-likeness (QED) is 0.774. The minimum Gasteiger partial charge on any atom is -0.460 e. The van der Waals surface area contributed by atoms with Gasteiger partial charge in [-0.3, -0.25) is 9.59 Å². The first kappa shape index (κ1) is 17.0. The van der Waals surface area contributed by atoms with Crippen molar-refractivity contribution in [2.45, 2.75) is 40.3 Å². The molecule has 1 amide bonds. The Kier molecular flexibility index (Phi) is 4.74. The molecule has 0 unspecified atom stereocenters. The van der Waals surface area contributed by atoms with E-state index in [9.17, 15) is 9.59 Å². The summed E-state index contributed by atoms with van der Waals surface area (Å²) in [6.45, 7) is 6.75. The predicted octanol–water partition coefficient (Wildman–Crippen LogP) is 3.55. The van der Waals surface area contributed by atoms with Gasteiger partial charge in [0.15, 0.2) is 0 Å². The van der Waals surface area contributed by atoms with Gasteiger partial charge in [-0.2, -0.15) is 0 Å². The molecule has 0 bridgehead atoms. The van der Waals surface area contributed by atoms with E-state index in [2.05, 4.69) is 5.32 Å². The van der Waals surface area contributed by atoms with Crippen LogP contribution in [0.25, 0.3) is 11.0 Å². The van der Waals surface area contributed by atoms with Gasteiger partial charge in [-0.1, -0.05) is 31.2 Å². The fourth-order valence-electron chi connectivity index (χ4n) is 3.03. The van der Waals surface area contributed by atoms with Gasteiger partial charge in [0, 0.05) is 19.3 Å². The highest BCUT2D eigenvalue weighted by Crippen LogP contribution is 2.22. The number of aromatic nitrogens is 1. The van der Waals surface area contributed by atoms with E-state index in [1.165, 1.54) is 0 Å². The molecule has 3 rings (SSSR count). The van der Waals surface area contributed by atoms with Crippen molar-refractivity contribution >= 4 is 16.9 Å². The average molecular weight is 338 g/mol. The zero-order valence-electron chi connectivity index (χ0n) is 14.8. The molecule has 0 fully saturated rings. The maximum atomic E-state index is 12.7. The van der Waals surface area contributed by atoms with Crippen LogP contribution >= 0.6 is 0 Å². The number of hydrogen-bond acceptors (Lipinski definition) is 3. The van der Waals surface area contributed by atoms with Crippen molar-refractivity contribution in [2.24, 2.45) is 0 Å². The second-order valence-corrected chi connectivity index (χ2v) is 6.20. The first-order valence-corrected chi connectivity index (χ1v) is 8.48. The van der Waals surface area contributed by atoms with Crippen molar-refractivity contribution in [3.8, 4) is 0 Å². The Balaban J connectivity index is 1.95. The lowest BCUT2D eigenvalue weighted by Gasteiger charge is -2.08. The second kappa shape index (κ2) is 6.97. The van der Waals surface area contributed by atoms with E-state index < -0.39 is 0 Å². The predicted molar refractivity (Wildman–Crippen MR) is 97.9 cm³/mol. The number of pyridine rings is 1. The molecular weight excluding hydrogens is 316 g/mol. The normalized spacial score (nSPS) is 11.0. The van der Waals surface area contributed by atoms with Gasteiger partial charge in [-0.25, -0.2) is 0 Å². The van der Waals surface area contributed by atoms with Gasteiger partial charge in [0.2, 0.25) is 0 Å². The number of rotatable bonds is 5. The maximum Gasteiger partial charge on any atom is 0.262 e. The molecule has 1 N–H and O–H groups in total. The van der Waals surface area contributed by atoms with E-state index in [-0.39, 0.29) is 11.5 Å². The van der Waals surface area contributed by atoms with E-state index in [1.807, 2.05) is 38.1 Å². The van der Waals surface area contributed by atoms with Crippen LogP contribution in [-0.2, 0) is 13.1 Å². The molecule has 1 aromatic carbocycles. The lowest BCUT2D eigenvalue weighted by Crippen LogP contribution is -2.26. The molecule has 0 radical (unpaired) electrons. The number of aryl methyl sites for hydroxylation is 3. The molecule has 0 aliphatic rings. The highest BCUT2D eigenvalue weighted by atomic mass is 16.3. The van der Waals surface area contributed by atoms with Crippen LogP contribution in [0.3, 0.4) is 0 Å². The molecule has 2 aromatic heterocycles. The maximum absolute atomic E-state index is 12.7. The van der Waals surface area contributed by atoms with Crippen molar-refractivity contribution in [3.63, 3.8) is 0 Å². The average Bonchev–Trinajstić information content (AvgIpc) is 2.93. The summed E-state index contributed by atoms with van der Waals surface area (Å²) >= 11 is 0. The van der Waals surface area contributed by atoms with Gasteiger partial charge in [0.1, 0.15) is 11.3 Å². The fraction of sp³-hybridized carbons (Fsp3) is 0.300. The summed E-state index contributed by atoms with van der Waals surface area (Å²) in [5.41, 5.74) is 2.76. The third-order valence-electron chi connectivity index (χ3n) is 4.38. The second-order valence-electron chi connectivity index (χ2n) is 6.20. The van der Waals surface area contributed by atoms with Crippen LogP contribution < -0.4 is 10.9 Å². The fourth-order valence-corrected chi connectivity index (χ4v) is 3.03. The minimum absolute atomic E-state index is 0.183. The number of nitrogens with zero attached hydrogens (tertiary/aromatic N) is 1. The SMILES string of the molecule is CCCn1ccc2oc(C)c(C(=O)NCc3ccccc3C)c2c1=O. The molecule has 5 heteroatoms. The van der Waals surface area contributed by atoms with Crippen LogP contribution in [0.1, 0.15) is 40.6 Å². The molecule has 0 atom stereocenters. The van der Waals surface area contributed by atoms with Crippen molar-refractivity contribution in [2.75, 3.05) is 0 Å². The van der Waals surface area contributed by atoms with Gasteiger partial charge in [-0.15, -0.1) is 0 Å². The third-order valence-corrected chi connectivity index (χ3v) is 4.38. The van der Waals surface area contributed by atoms with Crippen LogP contribution in [0.15, 0.2) is 45.7 Å². The Labute approximate surface area is 146 Å². The number of fused-ring (bicyclic) bond motifs is 1. The summed E-state index contributed by atoms with van der Waals surface area (Å²) in [5.74, 6) is 0.175. The Bertz CT molecular complexity index is 982. The van der Waals surface area contributed by atoms with Gasteiger partial charge < -0.3 is 14.3 Å². The monoisotopic (exact) mass is 338 g/mol. The topological polar surface area (TPSA) is 64.2 Å². The van der Waals surface area contributed by atoms with Crippen molar-refractivity contribution in [1.29, 1.82) is 0 Å². The smallest absolute Gasteiger partial charge is 0.262 e. The van der Waals surface area contributed by atoms with E-state index >= 15 is 0 Å². The largest absolute Gasteiger partial charge is 0.460 e. The van der Waals surface area contributed by atoms with Gasteiger partial charge in [-0.05, 0) is 37.5 Å². The Morgan fingerprint density at radius 2 is 1.96 bits per heavy atom. The van der Waals surface area contributed by atoms with Crippen LogP contribution in [-0.4, -0.2) is 10.5 Å². The van der Waals surface area contributed by atoms with Crippen LogP contribution in [0.2, 0.25) is 0 Å². The van der Waals surface area contributed by atoms with Crippen LogP contribution in [0.5, 0.6) is 0 Å². The standard InChI is InChI=1S/C20H22N2O3/c1-4-10-22-11-9-16-18(20(22)24)17(14(3)25-16)19(23)21-12-15-8-6-5-7-13(15)2/h5-9,11H,4,10,12H2,1-3H3,(H,21,23).